The van der Waals surface area contributed by atoms with Crippen LogP contribution in [0.2, 0.25) is 0 Å². The van der Waals surface area contributed by atoms with E-state index < -0.39 is 0 Å². The first kappa shape index (κ1) is 13.8. The number of nitrogens with one attached hydrogen (secondary N) is 1. The van der Waals surface area contributed by atoms with Gasteiger partial charge >= 0.3 is 0 Å². The van der Waals surface area contributed by atoms with Gasteiger partial charge < -0.3 is 5.32 Å². The van der Waals surface area contributed by atoms with Crippen molar-refractivity contribution < 1.29 is 0 Å². The number of aryl methyl sites for hydroxylation is 1. The van der Waals surface area contributed by atoms with Crippen molar-refractivity contribution in [3.05, 3.63) is 22.3 Å². The second-order valence-electron chi connectivity index (χ2n) is 4.72. The zero-order valence-corrected chi connectivity index (χ0v) is 12.3. The Morgan fingerprint density at radius 3 is 2.69 bits per heavy atom. The van der Waals surface area contributed by atoms with Crippen LogP contribution in [0.4, 0.5) is 5.82 Å². The summed E-state index contributed by atoms with van der Waals surface area (Å²) in [5.74, 6) is 1.62. The van der Waals surface area contributed by atoms with Crippen LogP contribution in [0.5, 0.6) is 0 Å². The van der Waals surface area contributed by atoms with Crippen LogP contribution in [0, 0.1) is 12.3 Å². The molecule has 1 aromatic heterocycles. The fourth-order valence-electron chi connectivity index (χ4n) is 1.32. The standard InChI is InChI=1S/C12H18BrClN2/c1-9-10(13)4-5-11(16-9)15-8-12(2,3)6-7-14/h4-5H,6-8H2,1-3H3,(H,15,16). The van der Waals surface area contributed by atoms with E-state index in [2.05, 4.69) is 40.1 Å². The fourth-order valence-corrected chi connectivity index (χ4v) is 2.05. The monoisotopic (exact) mass is 304 g/mol. The van der Waals surface area contributed by atoms with E-state index in [1.165, 1.54) is 0 Å². The molecule has 0 atom stereocenters. The minimum absolute atomic E-state index is 0.199. The molecule has 0 aliphatic rings. The number of anilines is 1. The molecule has 0 fully saturated rings. The highest BCUT2D eigenvalue weighted by molar-refractivity contribution is 9.10. The maximum Gasteiger partial charge on any atom is 0.126 e. The van der Waals surface area contributed by atoms with Gasteiger partial charge in [-0.3, -0.25) is 0 Å². The molecule has 0 unspecified atom stereocenters. The highest BCUT2D eigenvalue weighted by Gasteiger charge is 2.16. The Bertz CT molecular complexity index is 353. The SMILES string of the molecule is Cc1nc(NCC(C)(C)CCCl)ccc1Br. The van der Waals surface area contributed by atoms with Gasteiger partial charge in [-0.2, -0.15) is 0 Å². The molecule has 0 aliphatic heterocycles. The van der Waals surface area contributed by atoms with Crippen LogP contribution < -0.4 is 5.32 Å². The summed E-state index contributed by atoms with van der Waals surface area (Å²) in [5.41, 5.74) is 1.20. The van der Waals surface area contributed by atoms with E-state index in [1.54, 1.807) is 0 Å². The molecule has 0 saturated carbocycles. The third-order valence-corrected chi connectivity index (χ3v) is 3.57. The number of nitrogens with zero attached hydrogens (tertiary/aromatic N) is 1. The number of rotatable bonds is 5. The van der Waals surface area contributed by atoms with Gasteiger partial charge in [-0.15, -0.1) is 11.6 Å². The Morgan fingerprint density at radius 1 is 1.44 bits per heavy atom. The summed E-state index contributed by atoms with van der Waals surface area (Å²) in [6, 6.07) is 3.99. The predicted molar refractivity (Wildman–Crippen MR) is 74.3 cm³/mol. The summed E-state index contributed by atoms with van der Waals surface area (Å²) in [5, 5.41) is 3.35. The Balaban J connectivity index is 2.57. The highest BCUT2D eigenvalue weighted by Crippen LogP contribution is 2.22. The average molecular weight is 306 g/mol. The highest BCUT2D eigenvalue weighted by atomic mass is 79.9. The number of alkyl halides is 1. The van der Waals surface area contributed by atoms with E-state index >= 15 is 0 Å². The second-order valence-corrected chi connectivity index (χ2v) is 5.95. The normalized spacial score (nSPS) is 11.6. The van der Waals surface area contributed by atoms with Crippen LogP contribution in [0.1, 0.15) is 26.0 Å². The lowest BCUT2D eigenvalue weighted by molar-refractivity contribution is 0.379. The van der Waals surface area contributed by atoms with Crippen LogP contribution >= 0.6 is 27.5 Å². The number of halogens is 2. The minimum Gasteiger partial charge on any atom is -0.370 e. The van der Waals surface area contributed by atoms with Gasteiger partial charge in [0.15, 0.2) is 0 Å². The molecule has 0 amide bonds. The molecule has 0 bridgehead atoms. The smallest absolute Gasteiger partial charge is 0.126 e. The van der Waals surface area contributed by atoms with Crippen molar-refractivity contribution in [2.45, 2.75) is 27.2 Å². The summed E-state index contributed by atoms with van der Waals surface area (Å²) < 4.78 is 1.04. The van der Waals surface area contributed by atoms with Gasteiger partial charge in [0.05, 0.1) is 5.69 Å². The summed E-state index contributed by atoms with van der Waals surface area (Å²) in [6.07, 6.45) is 0.997. The van der Waals surface area contributed by atoms with E-state index in [0.717, 1.165) is 29.0 Å². The molecule has 2 nitrogen and oxygen atoms in total. The molecule has 0 radical (unpaired) electrons. The molecular formula is C12H18BrClN2. The van der Waals surface area contributed by atoms with E-state index in [9.17, 15) is 0 Å². The van der Waals surface area contributed by atoms with Crippen molar-refractivity contribution in [3.63, 3.8) is 0 Å². The molecule has 0 saturated heterocycles. The largest absolute Gasteiger partial charge is 0.370 e. The van der Waals surface area contributed by atoms with Crippen LogP contribution in [0.25, 0.3) is 0 Å². The number of aromatic nitrogens is 1. The van der Waals surface area contributed by atoms with Gasteiger partial charge in [0.2, 0.25) is 0 Å². The lowest BCUT2D eigenvalue weighted by atomic mass is 9.90. The minimum atomic E-state index is 0.199. The van der Waals surface area contributed by atoms with E-state index in [-0.39, 0.29) is 5.41 Å². The van der Waals surface area contributed by atoms with Crippen molar-refractivity contribution in [1.29, 1.82) is 0 Å². The lowest BCUT2D eigenvalue weighted by Gasteiger charge is -2.24. The van der Waals surface area contributed by atoms with Crippen LogP contribution in [0.3, 0.4) is 0 Å². The topological polar surface area (TPSA) is 24.9 Å². The van der Waals surface area contributed by atoms with Crippen molar-refractivity contribution in [1.82, 2.24) is 4.98 Å². The fraction of sp³-hybridized carbons (Fsp3) is 0.583. The molecule has 1 heterocycles. The second kappa shape index (κ2) is 5.87. The number of hydrogen-bond donors (Lipinski definition) is 1. The summed E-state index contributed by atoms with van der Waals surface area (Å²) >= 11 is 9.20. The molecule has 4 heteroatoms. The van der Waals surface area contributed by atoms with E-state index in [0.29, 0.717) is 5.88 Å². The van der Waals surface area contributed by atoms with Gasteiger partial charge in [-0.05, 0) is 46.8 Å². The van der Waals surface area contributed by atoms with Gasteiger partial charge in [-0.1, -0.05) is 13.8 Å². The van der Waals surface area contributed by atoms with Gasteiger partial charge in [-0.25, -0.2) is 4.98 Å². The van der Waals surface area contributed by atoms with Crippen LogP contribution in [-0.2, 0) is 0 Å². The molecule has 1 N–H and O–H groups in total. The Hall–Kier alpha value is -0.280. The maximum absolute atomic E-state index is 5.76. The Kier molecular flexibility index (Phi) is 5.06. The van der Waals surface area contributed by atoms with Gasteiger partial charge in [0, 0.05) is 16.9 Å². The zero-order chi connectivity index (χ0) is 12.2. The zero-order valence-electron chi connectivity index (χ0n) is 9.98. The van der Waals surface area contributed by atoms with Crippen molar-refractivity contribution in [2.75, 3.05) is 17.7 Å². The van der Waals surface area contributed by atoms with Crippen LogP contribution in [0.15, 0.2) is 16.6 Å². The van der Waals surface area contributed by atoms with Crippen molar-refractivity contribution in [3.8, 4) is 0 Å². The molecular weight excluding hydrogens is 288 g/mol. The molecule has 1 aromatic rings. The molecule has 1 rings (SSSR count). The first-order valence-corrected chi connectivity index (χ1v) is 6.70. The molecule has 16 heavy (non-hydrogen) atoms. The summed E-state index contributed by atoms with van der Waals surface area (Å²) in [6.45, 7) is 7.27. The predicted octanol–water partition coefficient (Wildman–Crippen LogP) is 4.22. The summed E-state index contributed by atoms with van der Waals surface area (Å²) in [4.78, 5) is 4.44. The maximum atomic E-state index is 5.76. The van der Waals surface area contributed by atoms with Crippen molar-refractivity contribution >= 4 is 33.3 Å². The molecule has 90 valence electrons. The van der Waals surface area contributed by atoms with E-state index in [1.807, 2.05) is 19.1 Å². The third kappa shape index (κ3) is 4.30. The number of pyridine rings is 1. The van der Waals surface area contributed by atoms with Crippen LogP contribution in [-0.4, -0.2) is 17.4 Å². The molecule has 0 aliphatic carbocycles. The first-order valence-electron chi connectivity index (χ1n) is 5.37. The van der Waals surface area contributed by atoms with Gasteiger partial charge in [0.25, 0.3) is 0 Å². The quantitative estimate of drug-likeness (QED) is 0.824. The van der Waals surface area contributed by atoms with Gasteiger partial charge in [0.1, 0.15) is 5.82 Å². The van der Waals surface area contributed by atoms with E-state index in [4.69, 9.17) is 11.6 Å². The Labute approximate surface area is 111 Å². The van der Waals surface area contributed by atoms with Crippen molar-refractivity contribution in [2.24, 2.45) is 5.41 Å². The average Bonchev–Trinajstić information content (AvgIpc) is 2.20. The first-order chi connectivity index (χ1) is 7.44. The third-order valence-electron chi connectivity index (χ3n) is 2.54. The molecule has 0 spiro atoms. The summed E-state index contributed by atoms with van der Waals surface area (Å²) in [7, 11) is 0. The Morgan fingerprint density at radius 2 is 2.12 bits per heavy atom. The lowest BCUT2D eigenvalue weighted by Crippen LogP contribution is -2.24. The number of hydrogen-bond acceptors (Lipinski definition) is 2. The molecule has 0 aromatic carbocycles.